The van der Waals surface area contributed by atoms with Crippen molar-refractivity contribution in [2.45, 2.75) is 106 Å². The predicted octanol–water partition coefficient (Wildman–Crippen LogP) is 10.1. The lowest BCUT2D eigenvalue weighted by molar-refractivity contribution is 0.0108. The van der Waals surface area contributed by atoms with Gasteiger partial charge in [-0.3, -0.25) is 4.79 Å². The number of ketones is 1. The van der Waals surface area contributed by atoms with Gasteiger partial charge in [0.15, 0.2) is 47.8 Å². The first kappa shape index (κ1) is 65.7. The molecule has 2 aliphatic heterocycles. The fourth-order valence-electron chi connectivity index (χ4n) is 10.2. The van der Waals surface area contributed by atoms with Gasteiger partial charge in [-0.1, -0.05) is 61.1 Å². The second-order valence-electron chi connectivity index (χ2n) is 23.2. The number of thioether (sulfide) groups is 2. The molecule has 21 nitrogen and oxygen atoms in total. The van der Waals surface area contributed by atoms with E-state index in [1.807, 2.05) is 0 Å². The maximum Gasteiger partial charge on any atom is 0.418 e. The number of hydrogen-bond acceptors (Lipinski definition) is 21. The molecule has 0 saturated heterocycles. The number of rotatable bonds is 19. The number of ether oxygens (including phenoxy) is 4. The van der Waals surface area contributed by atoms with Gasteiger partial charge in [-0.05, 0) is 89.4 Å². The van der Waals surface area contributed by atoms with Crippen LogP contribution in [0.4, 0.5) is 28.0 Å². The van der Waals surface area contributed by atoms with Crippen LogP contribution in [0.1, 0.15) is 94.2 Å². The van der Waals surface area contributed by atoms with Crippen LogP contribution in [0.3, 0.4) is 0 Å². The number of benzene rings is 2. The Morgan fingerprint density at radius 2 is 1.31 bits per heavy atom. The average Bonchev–Trinajstić information content (AvgIpc) is 1.53. The summed E-state index contributed by atoms with van der Waals surface area (Å²) in [6.45, 7) is 14.0. The number of Topliss-reactive ketones (excluding diaryl/α,β-unsaturated/α-hetero) is 1. The van der Waals surface area contributed by atoms with Crippen molar-refractivity contribution in [1.82, 2.24) is 34.8 Å². The van der Waals surface area contributed by atoms with Crippen molar-refractivity contribution in [2.75, 3.05) is 45.6 Å². The smallest absolute Gasteiger partial charge is 0.418 e. The number of fused-ring (bicyclic) bond motifs is 2. The Labute approximate surface area is 514 Å². The third-order valence-electron chi connectivity index (χ3n) is 14.6. The zero-order chi connectivity index (χ0) is 64.0. The van der Waals surface area contributed by atoms with Crippen LogP contribution in [0.2, 0.25) is 25.7 Å². The number of anilines is 1. The molecule has 2 aromatic carbocycles. The summed E-state index contributed by atoms with van der Waals surface area (Å²) in [5.74, 6) is 2.52. The molecule has 2 saturated carbocycles. The number of carbonyl (C=O) groups is 3. The molecule has 4 aromatic heterocycles. The highest BCUT2D eigenvalue weighted by atomic mass is 32.2. The summed E-state index contributed by atoms with van der Waals surface area (Å²) in [4.78, 5) is 70.9. The van der Waals surface area contributed by atoms with Crippen LogP contribution in [0.5, 0.6) is 11.8 Å². The van der Waals surface area contributed by atoms with Crippen molar-refractivity contribution in [3.05, 3.63) is 137 Å². The molecule has 10 rings (SSSR count). The Hall–Kier alpha value is -8.31. The quantitative estimate of drug-likeness (QED) is 0.0129. The molecule has 464 valence electrons. The van der Waals surface area contributed by atoms with Crippen LogP contribution in [-0.2, 0) is 36.5 Å². The molecule has 0 unspecified atom stereocenters. The van der Waals surface area contributed by atoms with Gasteiger partial charge in [0.2, 0.25) is 11.8 Å². The number of nitrogen functional groups attached to an aromatic ring is 1. The first-order valence-corrected chi connectivity index (χ1v) is 32.7. The maximum atomic E-state index is 15.3. The van der Waals surface area contributed by atoms with Crippen LogP contribution in [0.15, 0.2) is 92.8 Å². The number of oxazole rings is 2. The number of nitrogens with two attached hydrogens (primary N) is 2. The van der Waals surface area contributed by atoms with Crippen molar-refractivity contribution >= 4 is 65.5 Å². The molecule has 4 aliphatic rings. The maximum absolute atomic E-state index is 15.3. The molecule has 1 amide bonds. The number of nitrogens with zero attached hydrogens (tertiary/aromatic N) is 9. The summed E-state index contributed by atoms with van der Waals surface area (Å²) < 4.78 is 92.4. The number of aliphatic imine (C=N–C) groups is 2. The highest BCUT2D eigenvalue weighted by Crippen LogP contribution is 2.73. The van der Waals surface area contributed by atoms with E-state index >= 15 is 13.2 Å². The van der Waals surface area contributed by atoms with Gasteiger partial charge in [0.05, 0.1) is 45.7 Å². The summed E-state index contributed by atoms with van der Waals surface area (Å²) >= 11 is 2.56. The summed E-state index contributed by atoms with van der Waals surface area (Å²) in [5, 5.41) is 8.78. The fraction of sp³-hybridized carbons (Fsp3) is 0.417. The average molecular weight is 1270 g/mol. The third-order valence-corrected chi connectivity index (χ3v) is 19.1. The first-order valence-electron chi connectivity index (χ1n) is 27.4. The Kier molecular flexibility index (Phi) is 19.8. The molecule has 88 heavy (non-hydrogen) atoms. The number of aromatic carboxylic acids is 1. The number of carboxylic acid groups (broad SMARTS) is 1. The molecule has 6 atom stereocenters. The van der Waals surface area contributed by atoms with E-state index in [9.17, 15) is 18.8 Å². The van der Waals surface area contributed by atoms with E-state index in [4.69, 9.17) is 62.2 Å². The number of carboxylic acids is 1. The molecule has 0 bridgehead atoms. The molecule has 0 radical (unpaired) electrons. The van der Waals surface area contributed by atoms with Crippen LogP contribution in [-0.4, -0.2) is 122 Å². The molecule has 2 aliphatic carbocycles. The number of hydrogen-bond donors (Lipinski definition) is 3. The van der Waals surface area contributed by atoms with Crippen molar-refractivity contribution < 1.29 is 64.8 Å². The van der Waals surface area contributed by atoms with Crippen molar-refractivity contribution in [1.29, 1.82) is 0 Å². The minimum absolute atomic E-state index is 0.0282. The first-order chi connectivity index (χ1) is 41.7. The van der Waals surface area contributed by atoms with Crippen molar-refractivity contribution in [2.24, 2.45) is 27.6 Å². The van der Waals surface area contributed by atoms with Crippen LogP contribution >= 0.6 is 23.5 Å². The number of alkyl halides is 2. The second kappa shape index (κ2) is 26.6. The van der Waals surface area contributed by atoms with E-state index in [-0.39, 0.29) is 82.4 Å². The Balaban J connectivity index is 0.000000190. The van der Waals surface area contributed by atoms with Crippen LogP contribution in [0, 0.1) is 62.0 Å². The third kappa shape index (κ3) is 14.3. The van der Waals surface area contributed by atoms with E-state index in [1.165, 1.54) is 96.2 Å². The van der Waals surface area contributed by atoms with E-state index in [1.54, 1.807) is 34.6 Å². The lowest BCUT2D eigenvalue weighted by atomic mass is 9.83. The lowest BCUT2D eigenvalue weighted by Crippen LogP contribution is -2.46. The summed E-state index contributed by atoms with van der Waals surface area (Å²) in [5.41, 5.74) is 10.3. The highest BCUT2D eigenvalue weighted by Gasteiger charge is 2.73. The van der Waals surface area contributed by atoms with Gasteiger partial charge < -0.3 is 44.4 Å². The van der Waals surface area contributed by atoms with Gasteiger partial charge in [-0.15, -0.1) is 12.8 Å². The minimum atomic E-state index is -1.64. The molecule has 6 aromatic rings. The van der Waals surface area contributed by atoms with E-state index in [0.29, 0.717) is 47.9 Å². The van der Waals surface area contributed by atoms with Crippen LogP contribution < -0.4 is 20.9 Å². The molecule has 0 spiro atoms. The minimum Gasteiger partial charge on any atom is -0.476 e. The highest BCUT2D eigenvalue weighted by molar-refractivity contribution is 8.15. The zero-order valence-electron chi connectivity index (χ0n) is 49.4. The van der Waals surface area contributed by atoms with Crippen molar-refractivity contribution in [3.8, 4) is 36.4 Å². The second-order valence-corrected chi connectivity index (χ2v) is 31.4. The van der Waals surface area contributed by atoms with E-state index in [2.05, 4.69) is 66.4 Å². The van der Waals surface area contributed by atoms with Gasteiger partial charge in [0.1, 0.15) is 65.6 Å². The van der Waals surface area contributed by atoms with Crippen molar-refractivity contribution in [3.63, 3.8) is 0 Å². The normalized spacial score (nSPS) is 22.2. The zero-order valence-corrected chi connectivity index (χ0v) is 52.1. The Bertz CT molecular complexity index is 3700. The van der Waals surface area contributed by atoms with Gasteiger partial charge in [-0.2, -0.15) is 0 Å². The Morgan fingerprint density at radius 3 is 1.80 bits per heavy atom. The number of aromatic nitrogens is 6. The Morgan fingerprint density at radius 1 is 0.773 bits per heavy atom. The summed E-state index contributed by atoms with van der Waals surface area (Å²) in [7, 11) is -1.40. The molecule has 28 heteroatoms. The topological polar surface area (TPSA) is 292 Å². The van der Waals surface area contributed by atoms with Gasteiger partial charge in [-0.25, -0.2) is 71.9 Å². The fourth-order valence-corrected chi connectivity index (χ4v) is 14.1. The molecular weight excluding hydrogens is 1200 g/mol. The van der Waals surface area contributed by atoms with E-state index in [0.717, 1.165) is 12.2 Å². The SMILES string of the molecule is C#CCOc1cnc(C(=O)Cc2ccc(F)c([C@@]3(CF)N=C(N)S[C@@]4(c5ocnc5C)C[C@@H]34)c2)cn1.C#CCOc1cnc(C(=O)O)cn1.Cc1ncoc1[C@]12C[C@H]1[C@@](CF)(c1cc(N)ccc1F)N=C(N(COCC[Si](C)(C)C)C(=O)OC(C)(C)C)S2. The number of amidine groups is 2. The van der Waals surface area contributed by atoms with E-state index < -0.39 is 83.1 Å². The summed E-state index contributed by atoms with van der Waals surface area (Å²) in [6.07, 6.45) is 17.8. The number of amides is 1. The predicted molar refractivity (Wildman–Crippen MR) is 324 cm³/mol. The standard InChI is InChI=1S/C27H38F2N4O4SSi.C25H21F2N5O3S.C8H6N2O3/c1-17-22(36-15-31-17)27-13-21(27)26(14-28,19-12-18(30)8-9-20(19)29)32-23(38-27)33(24(34)37-25(2,3)4)16-35-10-11-39(5,6)7;1-3-6-34-21-11-29-18(10-30-21)19(33)8-15-4-5-17(27)16(7-15)24(12-26)20-9-25(20,36-23(28)32-24)22-14(2)31-13-35-22;1-2-3-13-7-5-9-6(4-10-7)8(11)12/h8-9,12,15,21H,10-11,13-14,16,30H2,1-7H3;1,4-5,7,10-11,13,20H,6,8-9,12H2,2H3,(H2,28,32);1,4-5H,3H2,(H,11,12)/t21-,26+,27-;20-,24+,25-;/m00./s1. The summed E-state index contributed by atoms with van der Waals surface area (Å²) in [6, 6.07) is 9.13. The van der Waals surface area contributed by atoms with Gasteiger partial charge >= 0.3 is 12.1 Å². The largest absolute Gasteiger partial charge is 0.476 e. The number of terminal acetylenes is 2. The molecule has 6 heterocycles. The molecule has 5 N–H and O–H groups in total. The molecular formula is C60H65F4N11O10S2Si. The molecule has 2 fully saturated rings. The van der Waals surface area contributed by atoms with Crippen LogP contribution in [0.25, 0.3) is 0 Å². The van der Waals surface area contributed by atoms with Gasteiger partial charge in [0, 0.05) is 49.8 Å². The lowest BCUT2D eigenvalue weighted by Gasteiger charge is -2.38. The van der Waals surface area contributed by atoms with Gasteiger partial charge in [0.25, 0.3) is 0 Å². The number of aryl methyl sites for hydroxylation is 2. The number of carbonyl (C=O) groups excluding carboxylic acids is 2. The number of halogens is 4. The monoisotopic (exact) mass is 1270 g/mol.